The number of benzene rings is 1. The van der Waals surface area contributed by atoms with Crippen molar-refractivity contribution in [2.75, 3.05) is 13.7 Å². The Morgan fingerprint density at radius 2 is 2.07 bits per heavy atom. The molecule has 0 amide bonds. The lowest BCUT2D eigenvalue weighted by molar-refractivity contribution is -0.135. The second-order valence-corrected chi connectivity index (χ2v) is 3.02. The van der Waals surface area contributed by atoms with Gasteiger partial charge >= 0.3 is 5.97 Å². The van der Waals surface area contributed by atoms with Crippen LogP contribution in [0.2, 0.25) is 0 Å². The van der Waals surface area contributed by atoms with Crippen molar-refractivity contribution in [1.29, 1.82) is 0 Å². The Morgan fingerprint density at radius 1 is 1.40 bits per heavy atom. The highest BCUT2D eigenvalue weighted by Crippen LogP contribution is 2.11. The number of rotatable bonds is 5. The topological polar surface area (TPSA) is 58.9 Å². The molecule has 1 aromatic carbocycles. The molecule has 0 radical (unpaired) electrons. The first-order valence-corrected chi connectivity index (χ1v) is 4.54. The SMILES string of the molecule is COCC(CC(=O)O)=Nc1ccccc1. The van der Waals surface area contributed by atoms with Crippen LogP contribution in [0, 0.1) is 0 Å². The van der Waals surface area contributed by atoms with E-state index < -0.39 is 5.97 Å². The molecule has 0 spiro atoms. The molecule has 0 aromatic heterocycles. The first kappa shape index (κ1) is 11.4. The molecule has 1 rings (SSSR count). The summed E-state index contributed by atoms with van der Waals surface area (Å²) in [4.78, 5) is 14.7. The predicted molar refractivity (Wildman–Crippen MR) is 57.7 cm³/mol. The van der Waals surface area contributed by atoms with E-state index in [1.54, 1.807) is 0 Å². The van der Waals surface area contributed by atoms with Gasteiger partial charge in [0.1, 0.15) is 0 Å². The molecule has 4 heteroatoms. The van der Waals surface area contributed by atoms with Crippen molar-refractivity contribution in [1.82, 2.24) is 0 Å². The first-order chi connectivity index (χ1) is 7.22. The molecule has 0 fully saturated rings. The lowest BCUT2D eigenvalue weighted by atomic mass is 10.2. The monoisotopic (exact) mass is 207 g/mol. The highest BCUT2D eigenvalue weighted by molar-refractivity contribution is 6.00. The summed E-state index contributed by atoms with van der Waals surface area (Å²) in [5, 5.41) is 8.65. The molecule has 0 bridgehead atoms. The maximum atomic E-state index is 10.5. The molecule has 0 aliphatic rings. The van der Waals surface area contributed by atoms with Gasteiger partial charge < -0.3 is 9.84 Å². The Kier molecular flexibility index (Phi) is 4.50. The van der Waals surface area contributed by atoms with Crippen LogP contribution in [-0.4, -0.2) is 30.5 Å². The van der Waals surface area contributed by atoms with Crippen LogP contribution in [0.1, 0.15) is 6.42 Å². The fourth-order valence-corrected chi connectivity index (χ4v) is 1.15. The molecule has 4 nitrogen and oxygen atoms in total. The smallest absolute Gasteiger partial charge is 0.309 e. The van der Waals surface area contributed by atoms with Crippen LogP contribution >= 0.6 is 0 Å². The zero-order valence-electron chi connectivity index (χ0n) is 8.51. The number of ether oxygens (including phenoxy) is 1. The van der Waals surface area contributed by atoms with Crippen molar-refractivity contribution < 1.29 is 14.6 Å². The van der Waals surface area contributed by atoms with E-state index in [4.69, 9.17) is 9.84 Å². The summed E-state index contributed by atoms with van der Waals surface area (Å²) < 4.78 is 4.88. The minimum Gasteiger partial charge on any atom is -0.481 e. The summed E-state index contributed by atoms with van der Waals surface area (Å²) in [6.07, 6.45) is -0.0945. The van der Waals surface area contributed by atoms with Crippen LogP contribution in [0.5, 0.6) is 0 Å². The minimum absolute atomic E-state index is 0.0945. The van der Waals surface area contributed by atoms with Crippen molar-refractivity contribution in [3.8, 4) is 0 Å². The maximum absolute atomic E-state index is 10.5. The highest BCUT2D eigenvalue weighted by atomic mass is 16.5. The van der Waals surface area contributed by atoms with Gasteiger partial charge in [-0.15, -0.1) is 0 Å². The number of hydrogen-bond donors (Lipinski definition) is 1. The van der Waals surface area contributed by atoms with Crippen LogP contribution in [0.3, 0.4) is 0 Å². The third-order valence-corrected chi connectivity index (χ3v) is 1.71. The normalized spacial score (nSPS) is 11.4. The molecular weight excluding hydrogens is 194 g/mol. The summed E-state index contributed by atoms with van der Waals surface area (Å²) in [6.45, 7) is 0.237. The zero-order valence-corrected chi connectivity index (χ0v) is 8.51. The molecule has 0 atom stereocenters. The van der Waals surface area contributed by atoms with Crippen molar-refractivity contribution in [3.63, 3.8) is 0 Å². The summed E-state index contributed by atoms with van der Waals surface area (Å²) >= 11 is 0. The second kappa shape index (κ2) is 5.93. The Hall–Kier alpha value is -1.68. The Balaban J connectivity index is 2.78. The van der Waals surface area contributed by atoms with E-state index in [1.807, 2.05) is 30.3 Å². The lowest BCUT2D eigenvalue weighted by Gasteiger charge is -2.02. The molecule has 0 aliphatic carbocycles. The average molecular weight is 207 g/mol. The van der Waals surface area contributed by atoms with Crippen LogP contribution in [0.15, 0.2) is 35.3 Å². The number of aliphatic imine (C=N–C) groups is 1. The summed E-state index contributed by atoms with van der Waals surface area (Å²) in [5.74, 6) is -0.901. The molecule has 15 heavy (non-hydrogen) atoms. The largest absolute Gasteiger partial charge is 0.481 e. The molecule has 1 aromatic rings. The fourth-order valence-electron chi connectivity index (χ4n) is 1.15. The van der Waals surface area contributed by atoms with Gasteiger partial charge in [0.25, 0.3) is 0 Å². The lowest BCUT2D eigenvalue weighted by Crippen LogP contribution is -2.12. The molecule has 80 valence electrons. The van der Waals surface area contributed by atoms with Gasteiger partial charge in [-0.3, -0.25) is 9.79 Å². The van der Waals surface area contributed by atoms with E-state index in [-0.39, 0.29) is 13.0 Å². The summed E-state index contributed by atoms with van der Waals surface area (Å²) in [6, 6.07) is 9.22. The van der Waals surface area contributed by atoms with Gasteiger partial charge in [0.05, 0.1) is 24.4 Å². The van der Waals surface area contributed by atoms with Crippen LogP contribution in [0.4, 0.5) is 5.69 Å². The van der Waals surface area contributed by atoms with Crippen molar-refractivity contribution in [2.24, 2.45) is 4.99 Å². The van der Waals surface area contributed by atoms with E-state index in [2.05, 4.69) is 4.99 Å². The number of carboxylic acids is 1. The quantitative estimate of drug-likeness (QED) is 0.750. The molecule has 0 heterocycles. The van der Waals surface area contributed by atoms with Gasteiger partial charge in [-0.1, -0.05) is 18.2 Å². The third kappa shape index (κ3) is 4.37. The predicted octanol–water partition coefficient (Wildman–Crippen LogP) is 1.88. The Labute approximate surface area is 88.2 Å². The van der Waals surface area contributed by atoms with E-state index in [1.165, 1.54) is 7.11 Å². The van der Waals surface area contributed by atoms with Gasteiger partial charge in [0.2, 0.25) is 0 Å². The second-order valence-electron chi connectivity index (χ2n) is 3.02. The standard InChI is InChI=1S/C11H13NO3/c1-15-8-10(7-11(13)14)12-9-5-3-2-4-6-9/h2-6H,7-8H2,1H3,(H,13,14). The van der Waals surface area contributed by atoms with Crippen molar-refractivity contribution in [2.45, 2.75) is 6.42 Å². The van der Waals surface area contributed by atoms with E-state index in [0.717, 1.165) is 5.69 Å². The van der Waals surface area contributed by atoms with Gasteiger partial charge in [0, 0.05) is 7.11 Å². The van der Waals surface area contributed by atoms with Gasteiger partial charge in [-0.25, -0.2) is 0 Å². The number of nitrogens with zero attached hydrogens (tertiary/aromatic N) is 1. The number of carboxylic acid groups (broad SMARTS) is 1. The number of para-hydroxylation sites is 1. The highest BCUT2D eigenvalue weighted by Gasteiger charge is 2.05. The van der Waals surface area contributed by atoms with Crippen LogP contribution in [0.25, 0.3) is 0 Å². The molecule has 0 unspecified atom stereocenters. The number of methoxy groups -OCH3 is 1. The number of carbonyl (C=O) groups is 1. The third-order valence-electron chi connectivity index (χ3n) is 1.71. The Bertz CT molecular complexity index is 346. The number of hydrogen-bond acceptors (Lipinski definition) is 3. The number of aliphatic carboxylic acids is 1. The Morgan fingerprint density at radius 3 is 2.60 bits per heavy atom. The minimum atomic E-state index is -0.901. The molecule has 0 saturated carbocycles. The van der Waals surface area contributed by atoms with Crippen molar-refractivity contribution >= 4 is 17.4 Å². The van der Waals surface area contributed by atoms with E-state index >= 15 is 0 Å². The first-order valence-electron chi connectivity index (χ1n) is 4.54. The average Bonchev–Trinajstić information content (AvgIpc) is 2.18. The van der Waals surface area contributed by atoms with E-state index in [0.29, 0.717) is 5.71 Å². The van der Waals surface area contributed by atoms with Crippen LogP contribution < -0.4 is 0 Å². The van der Waals surface area contributed by atoms with Crippen molar-refractivity contribution in [3.05, 3.63) is 30.3 Å². The van der Waals surface area contributed by atoms with Gasteiger partial charge in [0.15, 0.2) is 0 Å². The van der Waals surface area contributed by atoms with Gasteiger partial charge in [-0.05, 0) is 12.1 Å². The maximum Gasteiger partial charge on any atom is 0.309 e. The van der Waals surface area contributed by atoms with E-state index in [9.17, 15) is 4.79 Å². The molecule has 0 saturated heterocycles. The summed E-state index contributed by atoms with van der Waals surface area (Å²) in [5.41, 5.74) is 1.25. The summed E-state index contributed by atoms with van der Waals surface area (Å²) in [7, 11) is 1.52. The van der Waals surface area contributed by atoms with Gasteiger partial charge in [-0.2, -0.15) is 0 Å². The van der Waals surface area contributed by atoms with Crippen LogP contribution in [-0.2, 0) is 9.53 Å². The molecule has 0 aliphatic heterocycles. The zero-order chi connectivity index (χ0) is 11.1. The molecule has 1 N–H and O–H groups in total. The fraction of sp³-hybridized carbons (Fsp3) is 0.273. The molecular formula is C11H13NO3.